The summed E-state index contributed by atoms with van der Waals surface area (Å²) in [6.07, 6.45) is -0.161. The van der Waals surface area contributed by atoms with Crippen molar-refractivity contribution in [3.05, 3.63) is 0 Å². The van der Waals surface area contributed by atoms with Gasteiger partial charge in [-0.05, 0) is 12.8 Å². The van der Waals surface area contributed by atoms with Crippen molar-refractivity contribution in [3.8, 4) is 0 Å². The lowest BCUT2D eigenvalue weighted by Gasteiger charge is -2.19. The van der Waals surface area contributed by atoms with E-state index in [4.69, 9.17) is 0 Å². The smallest absolute Gasteiger partial charge is 0.171 e. The molecule has 0 saturated carbocycles. The highest BCUT2D eigenvalue weighted by Gasteiger charge is 2.37. The number of rotatable bonds is 6. The molecule has 0 spiro atoms. The number of unbranched alkanes of at least 4 members (excludes halogenated alkanes) is 2. The third kappa shape index (κ3) is 5.94. The molecular weight excluding hydrogens is 177 g/mol. The lowest BCUT2D eigenvalue weighted by Crippen LogP contribution is -2.22. The van der Waals surface area contributed by atoms with Crippen molar-refractivity contribution in [1.29, 1.82) is 0 Å². The second-order valence-electron chi connectivity index (χ2n) is 3.52. The molecule has 3 heteroatoms. The molecule has 0 radical (unpaired) electrons. The Morgan fingerprint density at radius 3 is 1.92 bits per heavy atom. The van der Waals surface area contributed by atoms with E-state index in [1.807, 2.05) is 6.92 Å². The van der Waals surface area contributed by atoms with Crippen molar-refractivity contribution in [2.24, 2.45) is 5.92 Å². The van der Waals surface area contributed by atoms with Gasteiger partial charge >= 0.3 is 6.18 Å². The zero-order valence-corrected chi connectivity index (χ0v) is 8.45. The molecule has 1 atom stereocenters. The summed E-state index contributed by atoms with van der Waals surface area (Å²) in [6, 6.07) is 0. The second-order valence-corrected chi connectivity index (χ2v) is 3.52. The van der Waals surface area contributed by atoms with E-state index in [1.165, 1.54) is 0 Å². The minimum atomic E-state index is -3.98. The van der Waals surface area contributed by atoms with Gasteiger partial charge in [0.05, 0.1) is 5.92 Å². The third-order valence-corrected chi connectivity index (χ3v) is 2.26. The van der Waals surface area contributed by atoms with Crippen molar-refractivity contribution >= 4 is 0 Å². The molecule has 0 rings (SSSR count). The van der Waals surface area contributed by atoms with E-state index in [2.05, 4.69) is 0 Å². The van der Waals surface area contributed by atoms with Crippen LogP contribution in [0, 0.1) is 5.92 Å². The molecule has 0 nitrogen and oxygen atoms in total. The maximum Gasteiger partial charge on any atom is 0.391 e. The van der Waals surface area contributed by atoms with Gasteiger partial charge in [-0.15, -0.1) is 0 Å². The Bertz CT molecular complexity index is 118. The first-order chi connectivity index (χ1) is 6.02. The maximum atomic E-state index is 12.3. The molecule has 0 aromatic rings. The topological polar surface area (TPSA) is 0 Å². The standard InChI is InChI=1S/C10H19F3/c1-3-5-6-8-9(7-4-2)10(11,12)13/h9H,3-8H2,1-2H3. The van der Waals surface area contributed by atoms with E-state index >= 15 is 0 Å². The van der Waals surface area contributed by atoms with Crippen LogP contribution in [0.3, 0.4) is 0 Å². The minimum absolute atomic E-state index is 0.285. The Morgan fingerprint density at radius 2 is 1.54 bits per heavy atom. The molecule has 0 aliphatic rings. The molecule has 0 saturated heterocycles. The van der Waals surface area contributed by atoms with Gasteiger partial charge in [0.25, 0.3) is 0 Å². The van der Waals surface area contributed by atoms with Crippen LogP contribution >= 0.6 is 0 Å². The number of halogens is 3. The molecular formula is C10H19F3. The Morgan fingerprint density at radius 1 is 0.923 bits per heavy atom. The van der Waals surface area contributed by atoms with Gasteiger partial charge in [0.15, 0.2) is 0 Å². The van der Waals surface area contributed by atoms with Crippen molar-refractivity contribution in [3.63, 3.8) is 0 Å². The number of hydrogen-bond acceptors (Lipinski definition) is 0. The van der Waals surface area contributed by atoms with Crippen LogP contribution in [0.5, 0.6) is 0 Å². The van der Waals surface area contributed by atoms with Crippen LogP contribution in [-0.4, -0.2) is 6.18 Å². The predicted molar refractivity (Wildman–Crippen MR) is 48.6 cm³/mol. The van der Waals surface area contributed by atoms with Gasteiger partial charge in [-0.25, -0.2) is 0 Å². The summed E-state index contributed by atoms with van der Waals surface area (Å²) in [5, 5.41) is 0. The first kappa shape index (κ1) is 12.8. The maximum absolute atomic E-state index is 12.3. The van der Waals surface area contributed by atoms with Gasteiger partial charge in [0.1, 0.15) is 0 Å². The normalized spacial score (nSPS) is 14.5. The van der Waals surface area contributed by atoms with E-state index in [9.17, 15) is 13.2 Å². The molecule has 0 aliphatic carbocycles. The summed E-state index contributed by atoms with van der Waals surface area (Å²) in [5.74, 6) is -1.07. The van der Waals surface area contributed by atoms with E-state index in [1.54, 1.807) is 6.92 Å². The van der Waals surface area contributed by atoms with Gasteiger partial charge in [0, 0.05) is 0 Å². The van der Waals surface area contributed by atoms with Gasteiger partial charge in [-0.1, -0.05) is 39.5 Å². The Balaban J connectivity index is 3.81. The van der Waals surface area contributed by atoms with Gasteiger partial charge in [-0.2, -0.15) is 13.2 Å². The second kappa shape index (κ2) is 6.28. The van der Waals surface area contributed by atoms with Crippen LogP contribution in [0.2, 0.25) is 0 Å². The zero-order chi connectivity index (χ0) is 10.3. The van der Waals surface area contributed by atoms with Crippen LogP contribution < -0.4 is 0 Å². The summed E-state index contributed by atoms with van der Waals surface area (Å²) >= 11 is 0. The number of alkyl halides is 3. The Hall–Kier alpha value is -0.210. The fourth-order valence-electron chi connectivity index (χ4n) is 1.46. The average Bonchev–Trinajstić information content (AvgIpc) is 2.01. The molecule has 0 aromatic heterocycles. The highest BCUT2D eigenvalue weighted by Crippen LogP contribution is 2.33. The van der Waals surface area contributed by atoms with Crippen LogP contribution in [0.15, 0.2) is 0 Å². The Labute approximate surface area is 78.5 Å². The van der Waals surface area contributed by atoms with Crippen molar-refractivity contribution in [2.75, 3.05) is 0 Å². The van der Waals surface area contributed by atoms with E-state index in [-0.39, 0.29) is 6.42 Å². The van der Waals surface area contributed by atoms with Crippen molar-refractivity contribution in [1.82, 2.24) is 0 Å². The van der Waals surface area contributed by atoms with Gasteiger partial charge in [-0.3, -0.25) is 0 Å². The summed E-state index contributed by atoms with van der Waals surface area (Å²) < 4.78 is 37.0. The van der Waals surface area contributed by atoms with E-state index in [0.29, 0.717) is 19.3 Å². The first-order valence-electron chi connectivity index (χ1n) is 5.09. The van der Waals surface area contributed by atoms with Crippen molar-refractivity contribution < 1.29 is 13.2 Å². The summed E-state index contributed by atoms with van der Waals surface area (Å²) in [6.45, 7) is 3.81. The Kier molecular flexibility index (Phi) is 6.17. The zero-order valence-electron chi connectivity index (χ0n) is 8.45. The number of hydrogen-bond donors (Lipinski definition) is 0. The molecule has 1 unspecified atom stereocenters. The molecule has 0 aromatic carbocycles. The van der Waals surface area contributed by atoms with Crippen molar-refractivity contribution in [2.45, 2.75) is 58.5 Å². The molecule has 0 N–H and O–H groups in total. The molecule has 0 amide bonds. The molecule has 13 heavy (non-hydrogen) atoms. The molecule has 0 heterocycles. The SMILES string of the molecule is CCCCCC(CCC)C(F)(F)F. The molecule has 0 aliphatic heterocycles. The summed E-state index contributed by atoms with van der Waals surface area (Å²) in [4.78, 5) is 0. The largest absolute Gasteiger partial charge is 0.391 e. The molecule has 0 fully saturated rings. The molecule has 0 bridgehead atoms. The summed E-state index contributed by atoms with van der Waals surface area (Å²) in [7, 11) is 0. The van der Waals surface area contributed by atoms with Crippen LogP contribution in [0.25, 0.3) is 0 Å². The van der Waals surface area contributed by atoms with Crippen LogP contribution in [0.1, 0.15) is 52.4 Å². The fraction of sp³-hybridized carbons (Fsp3) is 1.00. The molecule has 80 valence electrons. The minimum Gasteiger partial charge on any atom is -0.171 e. The lowest BCUT2D eigenvalue weighted by atomic mass is 9.96. The van der Waals surface area contributed by atoms with E-state index < -0.39 is 12.1 Å². The van der Waals surface area contributed by atoms with E-state index in [0.717, 1.165) is 12.8 Å². The lowest BCUT2D eigenvalue weighted by molar-refractivity contribution is -0.178. The highest BCUT2D eigenvalue weighted by molar-refractivity contribution is 4.67. The first-order valence-corrected chi connectivity index (χ1v) is 5.09. The average molecular weight is 196 g/mol. The van der Waals surface area contributed by atoms with Crippen LogP contribution in [-0.2, 0) is 0 Å². The fourth-order valence-corrected chi connectivity index (χ4v) is 1.46. The van der Waals surface area contributed by atoms with Gasteiger partial charge < -0.3 is 0 Å². The predicted octanol–water partition coefficient (Wildman–Crippen LogP) is 4.55. The monoisotopic (exact) mass is 196 g/mol. The highest BCUT2D eigenvalue weighted by atomic mass is 19.4. The quantitative estimate of drug-likeness (QED) is 0.547. The summed E-state index contributed by atoms with van der Waals surface area (Å²) in [5.41, 5.74) is 0. The van der Waals surface area contributed by atoms with Crippen LogP contribution in [0.4, 0.5) is 13.2 Å². The van der Waals surface area contributed by atoms with Gasteiger partial charge in [0.2, 0.25) is 0 Å². The third-order valence-electron chi connectivity index (χ3n) is 2.26.